The van der Waals surface area contributed by atoms with E-state index in [0.29, 0.717) is 17.1 Å². The molecule has 2 heterocycles. The number of nitrogens with zero attached hydrogens (tertiary/aromatic N) is 2. The lowest BCUT2D eigenvalue weighted by atomic mass is 9.95. The van der Waals surface area contributed by atoms with Crippen molar-refractivity contribution in [3.63, 3.8) is 0 Å². The number of carbonyl (C=O) groups is 2. The van der Waals surface area contributed by atoms with E-state index in [4.69, 9.17) is 4.74 Å². The molecule has 9 nitrogen and oxygen atoms in total. The monoisotopic (exact) mass is 714 g/mol. The van der Waals surface area contributed by atoms with Gasteiger partial charge < -0.3 is 25.6 Å². The summed E-state index contributed by atoms with van der Waals surface area (Å²) in [5.41, 5.74) is 3.41. The van der Waals surface area contributed by atoms with Crippen LogP contribution in [-0.4, -0.2) is 57.0 Å². The summed E-state index contributed by atoms with van der Waals surface area (Å²) in [4.78, 5) is 37.7. The lowest BCUT2D eigenvalue weighted by Gasteiger charge is -2.26. The fourth-order valence-corrected chi connectivity index (χ4v) is 6.61. The summed E-state index contributed by atoms with van der Waals surface area (Å²) in [5, 5.41) is 25.5. The summed E-state index contributed by atoms with van der Waals surface area (Å²) in [7, 11) is 0. The maximum atomic E-state index is 13.6. The van der Waals surface area contributed by atoms with Crippen LogP contribution >= 0.6 is 11.3 Å². The Hall–Kier alpha value is -4.12. The summed E-state index contributed by atoms with van der Waals surface area (Å²) in [6.45, 7) is 13.1. The Morgan fingerprint density at radius 1 is 0.824 bits per heavy atom. The number of amides is 2. The predicted molar refractivity (Wildman–Crippen MR) is 205 cm³/mol. The molecule has 0 saturated heterocycles. The Labute approximate surface area is 306 Å². The Morgan fingerprint density at radius 2 is 1.47 bits per heavy atom. The van der Waals surface area contributed by atoms with Gasteiger partial charge in [-0.2, -0.15) is 0 Å². The van der Waals surface area contributed by atoms with Crippen molar-refractivity contribution in [2.75, 3.05) is 6.61 Å². The third-order valence-electron chi connectivity index (χ3n) is 8.61. The van der Waals surface area contributed by atoms with Crippen LogP contribution in [0.1, 0.15) is 100 Å². The number of hydrogen-bond acceptors (Lipinski definition) is 8. The maximum absolute atomic E-state index is 13.6. The van der Waals surface area contributed by atoms with Gasteiger partial charge in [-0.15, -0.1) is 11.3 Å². The van der Waals surface area contributed by atoms with Crippen molar-refractivity contribution in [3.8, 4) is 28.3 Å². The second-order valence-corrected chi connectivity index (χ2v) is 15.7. The first-order valence-corrected chi connectivity index (χ1v) is 18.9. The van der Waals surface area contributed by atoms with Crippen molar-refractivity contribution in [2.45, 2.75) is 110 Å². The molecule has 2 atom stereocenters. The van der Waals surface area contributed by atoms with Crippen molar-refractivity contribution in [3.05, 3.63) is 88.4 Å². The molecule has 4 aromatic rings. The van der Waals surface area contributed by atoms with Gasteiger partial charge in [0.1, 0.15) is 11.8 Å². The number of hydrogen-bond donors (Lipinski definition) is 4. The Bertz CT molecular complexity index is 1660. The molecule has 0 radical (unpaired) electrons. The summed E-state index contributed by atoms with van der Waals surface area (Å²) < 4.78 is 5.90. The van der Waals surface area contributed by atoms with Crippen LogP contribution in [0.4, 0.5) is 0 Å². The molecule has 0 bridgehead atoms. The molecule has 0 spiro atoms. The van der Waals surface area contributed by atoms with E-state index >= 15 is 0 Å². The van der Waals surface area contributed by atoms with E-state index in [0.717, 1.165) is 45.9 Å². The van der Waals surface area contributed by atoms with E-state index in [2.05, 4.69) is 48.3 Å². The SMILES string of the molecule is CCCCCCCOc1ccc(-c2cnc(-c3ccc(CC(NC(=O)c4ccc(C(C)(C)C)s4)C(=O)N[C@@H](CC(C)C)C(O)O)cc3)nc2)cc1. The van der Waals surface area contributed by atoms with E-state index in [1.807, 2.05) is 68.4 Å². The van der Waals surface area contributed by atoms with Gasteiger partial charge in [-0.25, -0.2) is 9.97 Å². The molecule has 51 heavy (non-hydrogen) atoms. The lowest BCUT2D eigenvalue weighted by Crippen LogP contribution is -2.53. The zero-order valence-corrected chi connectivity index (χ0v) is 31.6. The molecule has 2 amide bonds. The number of aliphatic hydroxyl groups excluding tert-OH is 1. The molecule has 2 aromatic heterocycles. The molecule has 0 aliphatic carbocycles. The third-order valence-corrected chi connectivity index (χ3v) is 10.1. The van der Waals surface area contributed by atoms with Gasteiger partial charge in [0.05, 0.1) is 17.5 Å². The van der Waals surface area contributed by atoms with Gasteiger partial charge in [0.15, 0.2) is 12.1 Å². The largest absolute Gasteiger partial charge is 0.494 e. The normalized spacial score (nSPS) is 12.9. The number of thiophene rings is 1. The highest BCUT2D eigenvalue weighted by Gasteiger charge is 2.28. The predicted octanol–water partition coefficient (Wildman–Crippen LogP) is 7.70. The van der Waals surface area contributed by atoms with Crippen molar-refractivity contribution < 1.29 is 24.5 Å². The van der Waals surface area contributed by atoms with E-state index in [1.54, 1.807) is 18.5 Å². The summed E-state index contributed by atoms with van der Waals surface area (Å²) >= 11 is 1.40. The van der Waals surface area contributed by atoms with Gasteiger partial charge in [0, 0.05) is 34.8 Å². The highest BCUT2D eigenvalue weighted by atomic mass is 32.1. The highest BCUT2D eigenvalue weighted by molar-refractivity contribution is 7.14. The number of unbranched alkanes of at least 4 members (excludes halogenated alkanes) is 4. The standard InChI is InChI=1S/C41H54N4O5S/c1-7-8-9-10-11-22-50-32-18-16-29(17-19-32)31-25-42-37(43-26-31)30-14-12-28(13-15-30)24-33(38(46)45-34(40(48)49)23-27(2)3)44-39(47)35-20-21-36(51-35)41(4,5)6/h12-21,25-27,33-34,40,48-49H,7-11,22-24H2,1-6H3,(H,44,47)(H,45,46)/t33?,34-/m0/s1. The zero-order chi connectivity index (χ0) is 37.0. The number of aromatic nitrogens is 2. The minimum Gasteiger partial charge on any atom is -0.494 e. The first kappa shape index (κ1) is 39.7. The quantitative estimate of drug-likeness (QED) is 0.0613. The minimum absolute atomic E-state index is 0.110. The number of carbonyl (C=O) groups excluding carboxylic acids is 2. The first-order chi connectivity index (χ1) is 24.3. The molecule has 0 saturated carbocycles. The molecule has 0 aliphatic rings. The summed E-state index contributed by atoms with van der Waals surface area (Å²) in [6.07, 6.45) is 8.46. The highest BCUT2D eigenvalue weighted by Crippen LogP contribution is 2.30. The maximum Gasteiger partial charge on any atom is 0.262 e. The van der Waals surface area contributed by atoms with Crippen LogP contribution in [0.25, 0.3) is 22.5 Å². The molecular weight excluding hydrogens is 661 g/mol. The van der Waals surface area contributed by atoms with Crippen LogP contribution in [0.5, 0.6) is 5.75 Å². The van der Waals surface area contributed by atoms with E-state index in [1.165, 1.54) is 37.0 Å². The number of ether oxygens (including phenoxy) is 1. The fraction of sp³-hybridized carbons (Fsp3) is 0.463. The van der Waals surface area contributed by atoms with Crippen molar-refractivity contribution >= 4 is 23.2 Å². The van der Waals surface area contributed by atoms with Gasteiger partial charge in [-0.05, 0) is 59.6 Å². The molecule has 2 aromatic carbocycles. The van der Waals surface area contributed by atoms with Crippen LogP contribution in [0.15, 0.2) is 73.1 Å². The summed E-state index contributed by atoms with van der Waals surface area (Å²) in [6, 6.07) is 17.4. The van der Waals surface area contributed by atoms with E-state index in [9.17, 15) is 19.8 Å². The van der Waals surface area contributed by atoms with Crippen LogP contribution in [0.3, 0.4) is 0 Å². The number of nitrogens with one attached hydrogen (secondary N) is 2. The second kappa shape index (κ2) is 18.9. The molecule has 0 aliphatic heterocycles. The molecule has 1 unspecified atom stereocenters. The Morgan fingerprint density at radius 3 is 2.06 bits per heavy atom. The topological polar surface area (TPSA) is 134 Å². The Kier molecular flexibility index (Phi) is 14.7. The average molecular weight is 715 g/mol. The molecule has 4 rings (SSSR count). The zero-order valence-electron chi connectivity index (χ0n) is 30.8. The van der Waals surface area contributed by atoms with E-state index in [-0.39, 0.29) is 23.7 Å². The van der Waals surface area contributed by atoms with Gasteiger partial charge in [0.25, 0.3) is 5.91 Å². The van der Waals surface area contributed by atoms with Crippen molar-refractivity contribution in [1.82, 2.24) is 20.6 Å². The van der Waals surface area contributed by atoms with Crippen LogP contribution in [0.2, 0.25) is 0 Å². The van der Waals surface area contributed by atoms with Gasteiger partial charge in [0.2, 0.25) is 5.91 Å². The van der Waals surface area contributed by atoms with Gasteiger partial charge in [-0.1, -0.05) is 104 Å². The van der Waals surface area contributed by atoms with E-state index < -0.39 is 24.3 Å². The minimum atomic E-state index is -1.73. The second-order valence-electron chi connectivity index (χ2n) is 14.6. The molecular formula is C41H54N4O5S. The third kappa shape index (κ3) is 12.3. The smallest absolute Gasteiger partial charge is 0.262 e. The molecule has 4 N–H and O–H groups in total. The molecule has 10 heteroatoms. The number of benzene rings is 2. The molecule has 0 fully saturated rings. The molecule has 274 valence electrons. The van der Waals surface area contributed by atoms with Crippen LogP contribution < -0.4 is 15.4 Å². The fourth-order valence-electron chi connectivity index (χ4n) is 5.64. The van der Waals surface area contributed by atoms with Crippen LogP contribution in [0, 0.1) is 5.92 Å². The lowest BCUT2D eigenvalue weighted by molar-refractivity contribution is -0.129. The number of rotatable bonds is 18. The Balaban J connectivity index is 1.43. The average Bonchev–Trinajstić information content (AvgIpc) is 3.62. The van der Waals surface area contributed by atoms with Crippen molar-refractivity contribution in [1.29, 1.82) is 0 Å². The summed E-state index contributed by atoms with van der Waals surface area (Å²) in [5.74, 6) is 0.696. The van der Waals surface area contributed by atoms with Crippen LogP contribution in [-0.2, 0) is 16.6 Å². The van der Waals surface area contributed by atoms with Gasteiger partial charge in [-0.3, -0.25) is 9.59 Å². The number of aliphatic hydroxyl groups is 2. The van der Waals surface area contributed by atoms with Gasteiger partial charge >= 0.3 is 0 Å². The van der Waals surface area contributed by atoms with Crippen molar-refractivity contribution in [2.24, 2.45) is 5.92 Å². The first-order valence-electron chi connectivity index (χ1n) is 18.1.